The Labute approximate surface area is 246 Å². The molecule has 42 heavy (non-hydrogen) atoms. The van der Waals surface area contributed by atoms with Crippen LogP contribution in [0.3, 0.4) is 0 Å². The number of fused-ring (bicyclic) bond motifs is 8. The van der Waals surface area contributed by atoms with Gasteiger partial charge in [-0.15, -0.1) is 0 Å². The van der Waals surface area contributed by atoms with Crippen molar-refractivity contribution < 1.29 is 23.1 Å². The number of carbonyl (C=O) groups excluding carboxylic acids is 2. The number of nitrogens with one attached hydrogen (secondary N) is 1. The first-order valence-electron chi connectivity index (χ1n) is 15.3. The lowest BCUT2D eigenvalue weighted by Gasteiger charge is -2.39. The Morgan fingerprint density at radius 3 is 2.55 bits per heavy atom. The van der Waals surface area contributed by atoms with Gasteiger partial charge in [-0.25, -0.2) is 13.8 Å². The zero-order valence-corrected chi connectivity index (χ0v) is 25.0. The molecule has 0 radical (unpaired) electrons. The molecule has 4 heterocycles. The maximum absolute atomic E-state index is 16.0. The summed E-state index contributed by atoms with van der Waals surface area (Å²) < 4.78 is 38.1. The molecular weight excluding hydrogens is 538 g/mol. The summed E-state index contributed by atoms with van der Waals surface area (Å²) in [6, 6.07) is 10.9. The average molecular weight is 581 g/mol. The predicted octanol–water partition coefficient (Wildman–Crippen LogP) is 6.32. The van der Waals surface area contributed by atoms with Gasteiger partial charge < -0.3 is 15.8 Å². The largest absolute Gasteiger partial charge is 0.487 e. The summed E-state index contributed by atoms with van der Waals surface area (Å²) >= 11 is 0. The fourth-order valence-electron chi connectivity index (χ4n) is 6.97. The van der Waals surface area contributed by atoms with Crippen molar-refractivity contribution in [2.75, 3.05) is 0 Å². The molecule has 2 amide bonds. The zero-order chi connectivity index (χ0) is 30.2. The molecule has 9 heteroatoms. The molecule has 4 unspecified atom stereocenters. The molecule has 2 aromatic carbocycles. The molecule has 0 spiro atoms. The Morgan fingerprint density at radius 2 is 1.79 bits per heavy atom. The lowest BCUT2D eigenvalue weighted by Crippen LogP contribution is -2.51. The predicted molar refractivity (Wildman–Crippen MR) is 158 cm³/mol. The molecule has 7 rings (SSSR count). The molecule has 4 atom stereocenters. The second-order valence-electron chi connectivity index (χ2n) is 12.2. The summed E-state index contributed by atoms with van der Waals surface area (Å²) in [5.41, 5.74) is 8.16. The standard InChI is InChI=1S/C31H36F2N4O3.C2H6/c1-30(2)17-24-21-15-18(11-13-25(21)40-30)7-3-4-8-19-16-27(39)37(29(34)35-19)28-20-9-5-6-10-22(20)31(32,33)23(28)12-14-26(38)36-24;1-2/h5-6,9-11,13,15,19,23-24,28H,3-4,7-8,12,14,16-17H2,1-2H3,(H2,34,35)(H,36,38);1-2H3. The molecule has 0 aromatic heterocycles. The van der Waals surface area contributed by atoms with E-state index in [0.717, 1.165) is 36.1 Å². The minimum atomic E-state index is -3.23. The highest BCUT2D eigenvalue weighted by Gasteiger charge is 2.57. The lowest BCUT2D eigenvalue weighted by molar-refractivity contribution is -0.135. The number of nitrogens with zero attached hydrogens (tertiary/aromatic N) is 2. The van der Waals surface area contributed by atoms with Crippen molar-refractivity contribution in [1.82, 2.24) is 10.2 Å². The van der Waals surface area contributed by atoms with Gasteiger partial charge in [-0.2, -0.15) is 0 Å². The molecule has 4 aliphatic heterocycles. The van der Waals surface area contributed by atoms with Crippen LogP contribution in [-0.2, 0) is 21.9 Å². The number of rotatable bonds is 0. The lowest BCUT2D eigenvalue weighted by atomic mass is 9.87. The van der Waals surface area contributed by atoms with E-state index in [1.165, 1.54) is 11.0 Å². The minimum Gasteiger partial charge on any atom is -0.487 e. The monoisotopic (exact) mass is 580 g/mol. The summed E-state index contributed by atoms with van der Waals surface area (Å²) in [6.45, 7) is 7.96. The van der Waals surface area contributed by atoms with Crippen molar-refractivity contribution >= 4 is 17.8 Å². The highest BCUT2D eigenvalue weighted by molar-refractivity contribution is 5.99. The third-order valence-corrected chi connectivity index (χ3v) is 8.81. The van der Waals surface area contributed by atoms with E-state index in [-0.39, 0.29) is 54.7 Å². The maximum atomic E-state index is 16.0. The molecule has 4 bridgehead atoms. The molecule has 5 aliphatic rings. The fraction of sp³-hybridized carbons (Fsp3) is 0.545. The second kappa shape index (κ2) is 11.7. The first kappa shape index (κ1) is 30.0. The van der Waals surface area contributed by atoms with Crippen LogP contribution in [0.4, 0.5) is 8.78 Å². The van der Waals surface area contributed by atoms with Crippen LogP contribution >= 0.6 is 0 Å². The number of benzene rings is 2. The molecule has 0 saturated heterocycles. The van der Waals surface area contributed by atoms with Gasteiger partial charge in [0.15, 0.2) is 5.96 Å². The van der Waals surface area contributed by atoms with Gasteiger partial charge in [-0.3, -0.25) is 14.5 Å². The van der Waals surface area contributed by atoms with E-state index in [0.29, 0.717) is 18.4 Å². The third-order valence-electron chi connectivity index (χ3n) is 8.81. The first-order valence-corrected chi connectivity index (χ1v) is 15.3. The van der Waals surface area contributed by atoms with E-state index < -0.39 is 23.5 Å². The number of guanidine groups is 1. The number of aliphatic imine (C=N–C) groups is 1. The normalized spacial score (nSPS) is 28.0. The number of aryl methyl sites for hydroxylation is 1. The number of ether oxygens (including phenoxy) is 1. The highest BCUT2D eigenvalue weighted by atomic mass is 19.3. The zero-order valence-electron chi connectivity index (χ0n) is 25.0. The van der Waals surface area contributed by atoms with Crippen molar-refractivity contribution in [2.45, 2.75) is 109 Å². The van der Waals surface area contributed by atoms with Crippen LogP contribution in [0, 0.1) is 5.92 Å². The Hall–Kier alpha value is -3.49. The Balaban J connectivity index is 0.00000173. The van der Waals surface area contributed by atoms with E-state index in [4.69, 9.17) is 10.5 Å². The molecule has 1 aliphatic carbocycles. The number of halogens is 2. The Bertz CT molecular complexity index is 1370. The quantitative estimate of drug-likeness (QED) is 0.381. The topological polar surface area (TPSA) is 97.0 Å². The van der Waals surface area contributed by atoms with E-state index >= 15 is 8.78 Å². The maximum Gasteiger partial charge on any atom is 0.278 e. The van der Waals surface area contributed by atoms with Gasteiger partial charge in [0.25, 0.3) is 5.92 Å². The summed E-state index contributed by atoms with van der Waals surface area (Å²) in [5.74, 6) is -4.42. The number of nitrogens with two attached hydrogens (primary N) is 1. The summed E-state index contributed by atoms with van der Waals surface area (Å²) in [6.07, 6.45) is 3.77. The Morgan fingerprint density at radius 1 is 1.02 bits per heavy atom. The van der Waals surface area contributed by atoms with E-state index in [1.807, 2.05) is 33.8 Å². The second-order valence-corrected chi connectivity index (χ2v) is 12.2. The van der Waals surface area contributed by atoms with Crippen LogP contribution in [0.15, 0.2) is 47.5 Å². The van der Waals surface area contributed by atoms with Gasteiger partial charge in [0.05, 0.1) is 24.0 Å². The van der Waals surface area contributed by atoms with Gasteiger partial charge in [0, 0.05) is 30.4 Å². The van der Waals surface area contributed by atoms with Crippen LogP contribution in [0.1, 0.15) is 107 Å². The number of alkyl halides is 2. The molecule has 0 saturated carbocycles. The molecule has 0 fully saturated rings. The number of hydrogen-bond donors (Lipinski definition) is 2. The van der Waals surface area contributed by atoms with Crippen LogP contribution in [-0.4, -0.2) is 34.3 Å². The molecule has 7 nitrogen and oxygen atoms in total. The summed E-state index contributed by atoms with van der Waals surface area (Å²) in [7, 11) is 0. The SMILES string of the molecule is CC.CC1(C)CC2NC(=O)CCC3C(c4ccccc4C3(F)F)N3C(=O)CC(CCCCc4ccc(c2c4)O1)N=C3N. The van der Waals surface area contributed by atoms with E-state index in [1.54, 1.807) is 18.2 Å². The van der Waals surface area contributed by atoms with Crippen molar-refractivity contribution in [3.05, 3.63) is 64.7 Å². The van der Waals surface area contributed by atoms with Gasteiger partial charge >= 0.3 is 0 Å². The van der Waals surface area contributed by atoms with Crippen LogP contribution in [0.2, 0.25) is 0 Å². The van der Waals surface area contributed by atoms with Crippen molar-refractivity contribution in [2.24, 2.45) is 16.6 Å². The highest BCUT2D eigenvalue weighted by Crippen LogP contribution is 2.56. The van der Waals surface area contributed by atoms with Crippen LogP contribution in [0.5, 0.6) is 5.75 Å². The van der Waals surface area contributed by atoms with Gasteiger partial charge in [-0.1, -0.05) is 56.7 Å². The molecular formula is C33H42F2N4O3. The fourth-order valence-corrected chi connectivity index (χ4v) is 6.97. The average Bonchev–Trinajstić information content (AvgIpc) is 3.16. The number of carbonyl (C=O) groups is 2. The van der Waals surface area contributed by atoms with Gasteiger partial charge in [0.1, 0.15) is 11.4 Å². The first-order chi connectivity index (χ1) is 20.0. The van der Waals surface area contributed by atoms with Crippen LogP contribution < -0.4 is 15.8 Å². The minimum absolute atomic E-state index is 0.0148. The van der Waals surface area contributed by atoms with Crippen molar-refractivity contribution in [3.8, 4) is 5.75 Å². The summed E-state index contributed by atoms with van der Waals surface area (Å²) in [5, 5.41) is 3.11. The van der Waals surface area contributed by atoms with Crippen molar-refractivity contribution in [3.63, 3.8) is 0 Å². The third kappa shape index (κ3) is 5.62. The summed E-state index contributed by atoms with van der Waals surface area (Å²) in [4.78, 5) is 32.6. The van der Waals surface area contributed by atoms with Crippen molar-refractivity contribution in [1.29, 1.82) is 0 Å². The van der Waals surface area contributed by atoms with Crippen LogP contribution in [0.25, 0.3) is 0 Å². The van der Waals surface area contributed by atoms with Gasteiger partial charge in [0.2, 0.25) is 11.8 Å². The number of amides is 2. The number of hydrogen-bond acceptors (Lipinski definition) is 5. The molecule has 226 valence electrons. The van der Waals surface area contributed by atoms with Gasteiger partial charge in [-0.05, 0) is 56.7 Å². The van der Waals surface area contributed by atoms with E-state index in [2.05, 4.69) is 22.4 Å². The van der Waals surface area contributed by atoms with E-state index in [9.17, 15) is 9.59 Å². The molecule has 2 aromatic rings. The smallest absolute Gasteiger partial charge is 0.278 e. The molecule has 3 N–H and O–H groups in total. The Kier molecular flexibility index (Phi) is 8.32.